The largest absolute Gasteiger partial charge is 0.363 e. The number of halogens is 1. The number of guanidine groups is 1. The Balaban J connectivity index is 0.00000210. The maximum absolute atomic E-state index is 4.46. The van der Waals surface area contributed by atoms with Crippen LogP contribution in [0.2, 0.25) is 0 Å². The third-order valence-corrected chi connectivity index (χ3v) is 6.64. The Bertz CT molecular complexity index is 720. The van der Waals surface area contributed by atoms with Crippen molar-refractivity contribution in [1.82, 2.24) is 10.6 Å². The lowest BCUT2D eigenvalue weighted by molar-refractivity contribution is 0.461. The van der Waals surface area contributed by atoms with Gasteiger partial charge in [0.15, 0.2) is 5.96 Å². The van der Waals surface area contributed by atoms with Crippen LogP contribution in [0.25, 0.3) is 0 Å². The van der Waals surface area contributed by atoms with E-state index >= 15 is 0 Å². The molecule has 2 heterocycles. The molecule has 27 heavy (non-hydrogen) atoms. The minimum Gasteiger partial charge on any atom is -0.363 e. The number of hydrogen-bond acceptors (Lipinski definition) is 3. The van der Waals surface area contributed by atoms with Crippen LogP contribution in [0.15, 0.2) is 52.8 Å². The summed E-state index contributed by atoms with van der Waals surface area (Å²) < 4.78 is 0. The number of aliphatic imine (C=N–C) groups is 1. The van der Waals surface area contributed by atoms with Crippen LogP contribution >= 0.6 is 35.3 Å². The highest BCUT2D eigenvalue weighted by Gasteiger charge is 2.44. The van der Waals surface area contributed by atoms with Crippen LogP contribution in [0.3, 0.4) is 0 Å². The fourth-order valence-electron chi connectivity index (χ4n) is 3.85. The van der Waals surface area contributed by atoms with Crippen LogP contribution in [0, 0.1) is 0 Å². The number of piperidine rings is 1. The maximum atomic E-state index is 4.46. The first-order valence-corrected chi connectivity index (χ1v) is 10.5. The van der Waals surface area contributed by atoms with Crippen LogP contribution in [0.4, 0.5) is 5.00 Å². The summed E-state index contributed by atoms with van der Waals surface area (Å²) in [5.41, 5.74) is 1.76. The van der Waals surface area contributed by atoms with E-state index in [9.17, 15) is 0 Å². The maximum Gasteiger partial charge on any atom is 0.191 e. The van der Waals surface area contributed by atoms with Gasteiger partial charge < -0.3 is 15.5 Å². The van der Waals surface area contributed by atoms with Crippen molar-refractivity contribution < 1.29 is 0 Å². The number of rotatable bonds is 5. The highest BCUT2D eigenvalue weighted by molar-refractivity contribution is 14.0. The summed E-state index contributed by atoms with van der Waals surface area (Å²) in [7, 11) is 1.87. The van der Waals surface area contributed by atoms with Crippen molar-refractivity contribution in [2.24, 2.45) is 4.99 Å². The van der Waals surface area contributed by atoms with Gasteiger partial charge in [0.05, 0.1) is 5.00 Å². The Morgan fingerprint density at radius 1 is 1.15 bits per heavy atom. The quantitative estimate of drug-likeness (QED) is 0.370. The summed E-state index contributed by atoms with van der Waals surface area (Å²) in [5, 5.41) is 10.8. The highest BCUT2D eigenvalue weighted by atomic mass is 127. The van der Waals surface area contributed by atoms with E-state index in [2.05, 4.69) is 68.4 Å². The van der Waals surface area contributed by atoms with Crippen LogP contribution in [-0.4, -0.2) is 38.7 Å². The molecule has 0 unspecified atom stereocenters. The molecule has 1 saturated carbocycles. The first-order valence-electron chi connectivity index (χ1n) is 9.60. The molecule has 0 radical (unpaired) electrons. The number of hydrogen-bond donors (Lipinski definition) is 2. The molecule has 2 fully saturated rings. The SMILES string of the molecule is CN=C(NCC1(c2ccccc2)CC1)NC1CCN(c2cccs2)CC1.I. The number of nitrogens with zero attached hydrogens (tertiary/aromatic N) is 2. The van der Waals surface area contributed by atoms with Crippen molar-refractivity contribution in [2.75, 3.05) is 31.6 Å². The van der Waals surface area contributed by atoms with Crippen molar-refractivity contribution >= 4 is 46.3 Å². The van der Waals surface area contributed by atoms with Crippen LogP contribution in [0.1, 0.15) is 31.2 Å². The Kier molecular flexibility index (Phi) is 7.03. The first kappa shape index (κ1) is 20.5. The van der Waals surface area contributed by atoms with Gasteiger partial charge in [-0.2, -0.15) is 0 Å². The van der Waals surface area contributed by atoms with Gasteiger partial charge >= 0.3 is 0 Å². The van der Waals surface area contributed by atoms with Gasteiger partial charge in [0.1, 0.15) is 0 Å². The topological polar surface area (TPSA) is 39.7 Å². The minimum atomic E-state index is 0. The minimum absolute atomic E-state index is 0. The van der Waals surface area contributed by atoms with Gasteiger partial charge in [0.25, 0.3) is 0 Å². The molecule has 4 rings (SSSR count). The molecule has 1 aliphatic heterocycles. The van der Waals surface area contributed by atoms with Crippen LogP contribution < -0.4 is 15.5 Å². The normalized spacial score (nSPS) is 19.3. The molecule has 0 atom stereocenters. The molecule has 0 amide bonds. The number of anilines is 1. The van der Waals surface area contributed by atoms with Gasteiger partial charge in [-0.05, 0) is 48.8 Å². The lowest BCUT2D eigenvalue weighted by atomic mass is 9.96. The smallest absolute Gasteiger partial charge is 0.191 e. The molecule has 1 aromatic carbocycles. The monoisotopic (exact) mass is 496 g/mol. The standard InChI is InChI=1S/C21H28N4S.HI/c1-22-20(23-16-21(11-12-21)17-6-3-2-4-7-17)24-18-9-13-25(14-10-18)19-8-5-15-26-19;/h2-8,15,18H,9-14,16H2,1H3,(H2,22,23,24);1H. The second-order valence-electron chi connectivity index (χ2n) is 7.43. The molecule has 2 aliphatic rings. The van der Waals surface area contributed by atoms with E-state index in [-0.39, 0.29) is 24.0 Å². The molecule has 1 aromatic heterocycles. The summed E-state index contributed by atoms with van der Waals surface area (Å²) in [5.74, 6) is 0.946. The van der Waals surface area contributed by atoms with Gasteiger partial charge in [-0.25, -0.2) is 0 Å². The average molecular weight is 496 g/mol. The van der Waals surface area contributed by atoms with Crippen molar-refractivity contribution in [3.8, 4) is 0 Å². The van der Waals surface area contributed by atoms with E-state index in [4.69, 9.17) is 0 Å². The zero-order valence-electron chi connectivity index (χ0n) is 15.9. The van der Waals surface area contributed by atoms with E-state index < -0.39 is 0 Å². The molecule has 0 spiro atoms. The van der Waals surface area contributed by atoms with E-state index in [1.54, 1.807) is 0 Å². The Morgan fingerprint density at radius 2 is 1.89 bits per heavy atom. The van der Waals surface area contributed by atoms with E-state index in [0.29, 0.717) is 11.5 Å². The van der Waals surface area contributed by atoms with Gasteiger partial charge in [-0.1, -0.05) is 30.3 Å². The fraction of sp³-hybridized carbons (Fsp3) is 0.476. The third kappa shape index (κ3) is 4.96. The zero-order chi connectivity index (χ0) is 17.8. The van der Waals surface area contributed by atoms with Crippen molar-refractivity contribution in [1.29, 1.82) is 0 Å². The Hall–Kier alpha value is -1.28. The molecule has 1 aliphatic carbocycles. The summed E-state index contributed by atoms with van der Waals surface area (Å²) in [6.07, 6.45) is 4.84. The van der Waals surface area contributed by atoms with E-state index in [1.807, 2.05) is 18.4 Å². The van der Waals surface area contributed by atoms with Crippen LogP contribution in [0.5, 0.6) is 0 Å². The van der Waals surface area contributed by atoms with Gasteiger partial charge in [0, 0.05) is 38.1 Å². The molecule has 0 bridgehead atoms. The summed E-state index contributed by atoms with van der Waals surface area (Å²) in [6, 6.07) is 15.7. The average Bonchev–Trinajstić information content (AvgIpc) is 3.29. The Labute approximate surface area is 183 Å². The summed E-state index contributed by atoms with van der Waals surface area (Å²) in [4.78, 5) is 6.95. The lowest BCUT2D eigenvalue weighted by Gasteiger charge is -2.33. The molecule has 146 valence electrons. The van der Waals surface area contributed by atoms with Gasteiger partial charge in [0.2, 0.25) is 0 Å². The molecule has 2 aromatic rings. The van der Waals surface area contributed by atoms with E-state index in [0.717, 1.165) is 38.4 Å². The van der Waals surface area contributed by atoms with Crippen molar-refractivity contribution in [2.45, 2.75) is 37.1 Å². The molecular weight excluding hydrogens is 467 g/mol. The summed E-state index contributed by atoms with van der Waals surface area (Å²) in [6.45, 7) is 3.19. The van der Waals surface area contributed by atoms with Crippen molar-refractivity contribution in [3.63, 3.8) is 0 Å². The fourth-order valence-corrected chi connectivity index (χ4v) is 4.63. The molecule has 2 N–H and O–H groups in total. The zero-order valence-corrected chi connectivity index (χ0v) is 19.0. The van der Waals surface area contributed by atoms with Crippen LogP contribution in [-0.2, 0) is 5.41 Å². The highest BCUT2D eigenvalue weighted by Crippen LogP contribution is 2.47. The lowest BCUT2D eigenvalue weighted by Crippen LogP contribution is -2.49. The Morgan fingerprint density at radius 3 is 2.48 bits per heavy atom. The van der Waals surface area contributed by atoms with E-state index in [1.165, 1.54) is 23.4 Å². The molecule has 1 saturated heterocycles. The van der Waals surface area contributed by atoms with Crippen molar-refractivity contribution in [3.05, 3.63) is 53.4 Å². The van der Waals surface area contributed by atoms with Gasteiger partial charge in [-0.15, -0.1) is 35.3 Å². The molecule has 4 nitrogen and oxygen atoms in total. The number of nitrogens with one attached hydrogen (secondary N) is 2. The summed E-state index contributed by atoms with van der Waals surface area (Å²) >= 11 is 1.83. The molecular formula is C21H29IN4S. The predicted octanol–water partition coefficient (Wildman–Crippen LogP) is 4.23. The number of thiophene rings is 1. The number of benzene rings is 1. The van der Waals surface area contributed by atoms with Gasteiger partial charge in [-0.3, -0.25) is 4.99 Å². The third-order valence-electron chi connectivity index (χ3n) is 5.71. The second kappa shape index (κ2) is 9.28. The second-order valence-corrected chi connectivity index (χ2v) is 8.36. The molecule has 6 heteroatoms. The predicted molar refractivity (Wildman–Crippen MR) is 127 cm³/mol. The first-order chi connectivity index (χ1) is 12.8.